The molecule has 0 radical (unpaired) electrons. The average Bonchev–Trinajstić information content (AvgIpc) is 2.73. The molecule has 0 heterocycles. The third-order valence-corrected chi connectivity index (χ3v) is 4.82. The number of hydrogen-bond acceptors (Lipinski definition) is 5. The van der Waals surface area contributed by atoms with Gasteiger partial charge in [-0.25, -0.2) is 4.79 Å². The Kier molecular flexibility index (Phi) is 8.27. The highest BCUT2D eigenvalue weighted by Crippen LogP contribution is 2.31. The lowest BCUT2D eigenvalue weighted by molar-refractivity contribution is 0.0525. The van der Waals surface area contributed by atoms with Crippen LogP contribution in [0.15, 0.2) is 36.4 Å². The van der Waals surface area contributed by atoms with E-state index in [1.54, 1.807) is 33.3 Å². The zero-order valence-corrected chi connectivity index (χ0v) is 18.3. The van der Waals surface area contributed by atoms with Gasteiger partial charge in [0.25, 0.3) is 0 Å². The minimum Gasteiger partial charge on any atom is -0.493 e. The highest BCUT2D eigenvalue weighted by molar-refractivity contribution is 7.80. The Morgan fingerprint density at radius 1 is 1.10 bits per heavy atom. The Bertz CT molecular complexity index is 870. The van der Waals surface area contributed by atoms with E-state index in [9.17, 15) is 4.79 Å². The van der Waals surface area contributed by atoms with Crippen molar-refractivity contribution in [2.45, 2.75) is 33.2 Å². The Morgan fingerprint density at radius 3 is 2.45 bits per heavy atom. The summed E-state index contributed by atoms with van der Waals surface area (Å²) in [6, 6.07) is 11.2. The van der Waals surface area contributed by atoms with E-state index in [0.29, 0.717) is 28.8 Å². The Morgan fingerprint density at radius 2 is 1.83 bits per heavy atom. The summed E-state index contributed by atoms with van der Waals surface area (Å²) in [7, 11) is 3.22. The van der Waals surface area contributed by atoms with Crippen LogP contribution in [-0.4, -0.2) is 31.9 Å². The standard InChI is InChI=1S/C22H28N2O4S/c1-6-17(15-11-12-19(26-4)20(13-15)27-5)23-22(29)24-18-10-8-9-16(14(18)3)21(25)28-7-2/h8-13,17H,6-7H2,1-5H3,(H2,23,24,29)/t17-/m1/s1. The molecule has 2 rings (SSSR count). The molecule has 7 heteroatoms. The first kappa shape index (κ1) is 22.5. The summed E-state index contributed by atoms with van der Waals surface area (Å²) in [5.74, 6) is 1.00. The van der Waals surface area contributed by atoms with Crippen molar-refractivity contribution in [3.63, 3.8) is 0 Å². The monoisotopic (exact) mass is 416 g/mol. The van der Waals surface area contributed by atoms with Gasteiger partial charge >= 0.3 is 5.97 Å². The van der Waals surface area contributed by atoms with E-state index in [1.165, 1.54) is 0 Å². The number of rotatable bonds is 8. The molecule has 2 aromatic rings. The van der Waals surface area contributed by atoms with Crippen LogP contribution in [0, 0.1) is 6.92 Å². The minimum atomic E-state index is -0.343. The van der Waals surface area contributed by atoms with Gasteiger partial charge in [-0.05, 0) is 67.9 Å². The van der Waals surface area contributed by atoms with E-state index in [4.69, 9.17) is 26.4 Å². The largest absolute Gasteiger partial charge is 0.493 e. The molecule has 0 bridgehead atoms. The molecule has 0 fully saturated rings. The fourth-order valence-electron chi connectivity index (χ4n) is 3.01. The number of benzene rings is 2. The summed E-state index contributed by atoms with van der Waals surface area (Å²) in [6.07, 6.45) is 0.819. The Balaban J connectivity index is 2.15. The predicted octanol–water partition coefficient (Wildman–Crippen LogP) is 4.63. The molecule has 2 aromatic carbocycles. The summed E-state index contributed by atoms with van der Waals surface area (Å²) in [4.78, 5) is 12.1. The summed E-state index contributed by atoms with van der Waals surface area (Å²) >= 11 is 5.51. The summed E-state index contributed by atoms with van der Waals surface area (Å²) in [5.41, 5.74) is 3.10. The summed E-state index contributed by atoms with van der Waals surface area (Å²) in [5, 5.41) is 6.99. The zero-order valence-electron chi connectivity index (χ0n) is 17.5. The molecule has 0 saturated carbocycles. The van der Waals surface area contributed by atoms with Crippen LogP contribution in [0.25, 0.3) is 0 Å². The smallest absolute Gasteiger partial charge is 0.338 e. The number of nitrogens with one attached hydrogen (secondary N) is 2. The second kappa shape index (κ2) is 10.7. The Hall–Kier alpha value is -2.80. The van der Waals surface area contributed by atoms with Crippen molar-refractivity contribution < 1.29 is 19.0 Å². The molecule has 2 N–H and O–H groups in total. The maximum absolute atomic E-state index is 12.1. The van der Waals surface area contributed by atoms with Crippen molar-refractivity contribution in [1.82, 2.24) is 5.32 Å². The van der Waals surface area contributed by atoms with Crippen molar-refractivity contribution in [2.24, 2.45) is 0 Å². The van der Waals surface area contributed by atoms with Crippen LogP contribution in [0.1, 0.15) is 47.8 Å². The number of ether oxygens (including phenoxy) is 3. The second-order valence-corrected chi connectivity index (χ2v) is 6.78. The van der Waals surface area contributed by atoms with Gasteiger partial charge in [0.1, 0.15) is 0 Å². The molecule has 29 heavy (non-hydrogen) atoms. The van der Waals surface area contributed by atoms with Crippen LogP contribution in [0.3, 0.4) is 0 Å². The maximum Gasteiger partial charge on any atom is 0.338 e. The molecule has 0 aromatic heterocycles. The van der Waals surface area contributed by atoms with E-state index < -0.39 is 0 Å². The van der Waals surface area contributed by atoms with E-state index in [0.717, 1.165) is 23.2 Å². The lowest BCUT2D eigenvalue weighted by Gasteiger charge is -2.22. The van der Waals surface area contributed by atoms with Gasteiger partial charge in [0.2, 0.25) is 0 Å². The number of thiocarbonyl (C=S) groups is 1. The number of carbonyl (C=O) groups excluding carboxylic acids is 1. The van der Waals surface area contributed by atoms with Crippen LogP contribution >= 0.6 is 12.2 Å². The SMILES string of the molecule is CCOC(=O)c1cccc(NC(=S)N[C@H](CC)c2ccc(OC)c(OC)c2)c1C. The van der Waals surface area contributed by atoms with Crippen LogP contribution in [0.5, 0.6) is 11.5 Å². The average molecular weight is 417 g/mol. The maximum atomic E-state index is 12.1. The highest BCUT2D eigenvalue weighted by atomic mass is 32.1. The molecule has 1 atom stereocenters. The fraction of sp³-hybridized carbons (Fsp3) is 0.364. The van der Waals surface area contributed by atoms with Crippen molar-refractivity contribution in [1.29, 1.82) is 0 Å². The molecule has 6 nitrogen and oxygen atoms in total. The van der Waals surface area contributed by atoms with Crippen LogP contribution in [0.4, 0.5) is 5.69 Å². The van der Waals surface area contributed by atoms with Gasteiger partial charge in [0.05, 0.1) is 32.4 Å². The zero-order chi connectivity index (χ0) is 21.4. The van der Waals surface area contributed by atoms with Crippen molar-refractivity contribution in [2.75, 3.05) is 26.1 Å². The molecule has 0 spiro atoms. The van der Waals surface area contributed by atoms with Gasteiger partial charge in [0, 0.05) is 5.69 Å². The van der Waals surface area contributed by atoms with E-state index in [2.05, 4.69) is 17.6 Å². The van der Waals surface area contributed by atoms with Crippen LogP contribution in [0.2, 0.25) is 0 Å². The summed E-state index contributed by atoms with van der Waals surface area (Å²) in [6.45, 7) is 6.05. The quantitative estimate of drug-likeness (QED) is 0.480. The van der Waals surface area contributed by atoms with Crippen LogP contribution in [-0.2, 0) is 4.74 Å². The number of hydrogen-bond donors (Lipinski definition) is 2. The topological polar surface area (TPSA) is 68.8 Å². The molecular formula is C22H28N2O4S. The first-order chi connectivity index (χ1) is 13.9. The first-order valence-electron chi connectivity index (χ1n) is 9.51. The molecule has 0 aliphatic heterocycles. The van der Waals surface area contributed by atoms with Crippen molar-refractivity contribution in [3.05, 3.63) is 53.1 Å². The normalized spacial score (nSPS) is 11.3. The lowest BCUT2D eigenvalue weighted by Crippen LogP contribution is -2.32. The number of methoxy groups -OCH3 is 2. The Labute approximate surface area is 177 Å². The second-order valence-electron chi connectivity index (χ2n) is 6.37. The van der Waals surface area contributed by atoms with E-state index >= 15 is 0 Å². The van der Waals surface area contributed by atoms with Gasteiger partial charge < -0.3 is 24.8 Å². The molecule has 0 unspecified atom stereocenters. The van der Waals surface area contributed by atoms with Crippen LogP contribution < -0.4 is 20.1 Å². The minimum absolute atomic E-state index is 0.0108. The van der Waals surface area contributed by atoms with Gasteiger partial charge in [-0.3, -0.25) is 0 Å². The van der Waals surface area contributed by atoms with Gasteiger partial charge in [-0.15, -0.1) is 0 Å². The number of anilines is 1. The van der Waals surface area contributed by atoms with E-state index in [1.807, 2.05) is 31.2 Å². The molecule has 156 valence electrons. The van der Waals surface area contributed by atoms with Gasteiger partial charge in [-0.2, -0.15) is 0 Å². The molecule has 0 amide bonds. The number of esters is 1. The predicted molar refractivity (Wildman–Crippen MR) is 119 cm³/mol. The molecular weight excluding hydrogens is 388 g/mol. The third kappa shape index (κ3) is 5.60. The fourth-order valence-corrected chi connectivity index (χ4v) is 3.26. The van der Waals surface area contributed by atoms with Crippen molar-refractivity contribution >= 4 is 29.0 Å². The highest BCUT2D eigenvalue weighted by Gasteiger charge is 2.16. The molecule has 0 aliphatic carbocycles. The van der Waals surface area contributed by atoms with Gasteiger partial charge in [0.15, 0.2) is 16.6 Å². The number of carbonyl (C=O) groups is 1. The lowest BCUT2D eigenvalue weighted by atomic mass is 10.0. The van der Waals surface area contributed by atoms with Crippen molar-refractivity contribution in [3.8, 4) is 11.5 Å². The summed E-state index contributed by atoms with van der Waals surface area (Å²) < 4.78 is 15.8. The third-order valence-electron chi connectivity index (χ3n) is 4.60. The molecule has 0 aliphatic rings. The van der Waals surface area contributed by atoms with Gasteiger partial charge in [-0.1, -0.05) is 19.1 Å². The molecule has 0 saturated heterocycles. The van der Waals surface area contributed by atoms with E-state index in [-0.39, 0.29) is 12.0 Å². The first-order valence-corrected chi connectivity index (χ1v) is 9.92.